The first-order valence-electron chi connectivity index (χ1n) is 5.63. The summed E-state index contributed by atoms with van der Waals surface area (Å²) in [4.78, 5) is 4.36. The molecule has 1 rings (SSSR count). The zero-order valence-corrected chi connectivity index (χ0v) is 11.5. The van der Waals surface area contributed by atoms with Crippen molar-refractivity contribution in [2.24, 2.45) is 12.5 Å². The van der Waals surface area contributed by atoms with Crippen molar-refractivity contribution in [1.29, 1.82) is 0 Å². The molecule has 0 aromatic carbocycles. The fourth-order valence-electron chi connectivity index (χ4n) is 1.91. The monoisotopic (exact) mass is 272 g/mol. The highest BCUT2D eigenvalue weighted by atomic mass is 79.9. The molecule has 86 valence electrons. The molecule has 1 atom stereocenters. The van der Waals surface area contributed by atoms with Crippen LogP contribution in [0.5, 0.6) is 0 Å². The van der Waals surface area contributed by atoms with Gasteiger partial charge in [0, 0.05) is 31.2 Å². The van der Waals surface area contributed by atoms with E-state index in [0.29, 0.717) is 5.41 Å². The van der Waals surface area contributed by atoms with E-state index in [1.54, 1.807) is 0 Å². The first-order valence-corrected chi connectivity index (χ1v) is 6.75. The molecule has 0 aliphatic heterocycles. The minimum absolute atomic E-state index is 0.417. The molecule has 0 N–H and O–H groups in total. The van der Waals surface area contributed by atoms with Crippen LogP contribution in [0.2, 0.25) is 0 Å². The van der Waals surface area contributed by atoms with Crippen LogP contribution in [0.25, 0.3) is 0 Å². The zero-order chi connectivity index (χ0) is 11.3. The first kappa shape index (κ1) is 12.8. The van der Waals surface area contributed by atoms with E-state index < -0.39 is 0 Å². The quantitative estimate of drug-likeness (QED) is 0.725. The summed E-state index contributed by atoms with van der Waals surface area (Å²) in [5.41, 5.74) is 0.417. The van der Waals surface area contributed by atoms with Crippen LogP contribution in [-0.4, -0.2) is 14.9 Å². The van der Waals surface area contributed by atoms with Crippen molar-refractivity contribution >= 4 is 15.9 Å². The maximum Gasteiger partial charge on any atom is 0.108 e. The molecule has 1 unspecified atom stereocenters. The van der Waals surface area contributed by atoms with Gasteiger partial charge in [-0.05, 0) is 18.3 Å². The fourth-order valence-corrected chi connectivity index (χ4v) is 2.47. The molecule has 0 saturated carbocycles. The number of hydrogen-bond donors (Lipinski definition) is 0. The highest BCUT2D eigenvalue weighted by Crippen LogP contribution is 2.31. The van der Waals surface area contributed by atoms with Crippen LogP contribution in [0, 0.1) is 5.41 Å². The molecule has 0 aliphatic rings. The van der Waals surface area contributed by atoms with Gasteiger partial charge in [-0.15, -0.1) is 0 Å². The average molecular weight is 273 g/mol. The summed E-state index contributed by atoms with van der Waals surface area (Å²) >= 11 is 3.63. The van der Waals surface area contributed by atoms with Gasteiger partial charge in [0.15, 0.2) is 0 Å². The molecule has 0 bridgehead atoms. The van der Waals surface area contributed by atoms with E-state index in [-0.39, 0.29) is 0 Å². The van der Waals surface area contributed by atoms with Crippen LogP contribution in [-0.2, 0) is 13.5 Å². The normalized spacial score (nSPS) is 15.2. The lowest BCUT2D eigenvalue weighted by atomic mass is 9.83. The summed E-state index contributed by atoms with van der Waals surface area (Å²) < 4.78 is 2.11. The molecule has 2 nitrogen and oxygen atoms in total. The maximum atomic E-state index is 4.36. The van der Waals surface area contributed by atoms with Gasteiger partial charge in [0.2, 0.25) is 0 Å². The Morgan fingerprint density at radius 2 is 2.20 bits per heavy atom. The van der Waals surface area contributed by atoms with Gasteiger partial charge in [-0.25, -0.2) is 4.98 Å². The number of halogens is 1. The van der Waals surface area contributed by atoms with E-state index in [9.17, 15) is 0 Å². The van der Waals surface area contributed by atoms with Gasteiger partial charge < -0.3 is 4.57 Å². The van der Waals surface area contributed by atoms with Crippen LogP contribution in [0.15, 0.2) is 12.4 Å². The van der Waals surface area contributed by atoms with Gasteiger partial charge in [-0.3, -0.25) is 0 Å². The number of aryl methyl sites for hydroxylation is 2. The van der Waals surface area contributed by atoms with Crippen molar-refractivity contribution in [3.8, 4) is 0 Å². The Hall–Kier alpha value is -0.310. The molecular formula is C12H21BrN2. The predicted octanol–water partition coefficient (Wildman–Crippen LogP) is 3.55. The second-order valence-electron chi connectivity index (χ2n) is 4.65. The van der Waals surface area contributed by atoms with E-state index in [1.165, 1.54) is 25.1 Å². The van der Waals surface area contributed by atoms with Gasteiger partial charge in [0.1, 0.15) is 5.82 Å². The third kappa shape index (κ3) is 3.63. The van der Waals surface area contributed by atoms with Crippen molar-refractivity contribution in [1.82, 2.24) is 9.55 Å². The molecule has 0 radical (unpaired) electrons. The zero-order valence-electron chi connectivity index (χ0n) is 9.96. The molecule has 0 aliphatic carbocycles. The number of nitrogens with zero attached hydrogens (tertiary/aromatic N) is 2. The van der Waals surface area contributed by atoms with Crippen LogP contribution < -0.4 is 0 Å². The number of aromatic nitrogens is 2. The highest BCUT2D eigenvalue weighted by molar-refractivity contribution is 9.09. The lowest BCUT2D eigenvalue weighted by Crippen LogP contribution is -2.19. The van der Waals surface area contributed by atoms with Crippen molar-refractivity contribution in [3.05, 3.63) is 18.2 Å². The maximum absolute atomic E-state index is 4.36. The van der Waals surface area contributed by atoms with Gasteiger partial charge in [-0.1, -0.05) is 36.2 Å². The van der Waals surface area contributed by atoms with Crippen molar-refractivity contribution < 1.29 is 0 Å². The number of rotatable bonds is 6. The largest absolute Gasteiger partial charge is 0.338 e. The van der Waals surface area contributed by atoms with E-state index in [4.69, 9.17) is 0 Å². The van der Waals surface area contributed by atoms with E-state index in [2.05, 4.69) is 46.4 Å². The summed E-state index contributed by atoms with van der Waals surface area (Å²) in [6.45, 7) is 4.61. The lowest BCUT2D eigenvalue weighted by Gasteiger charge is -2.26. The molecule has 0 saturated heterocycles. The van der Waals surface area contributed by atoms with Crippen LogP contribution in [0.1, 0.15) is 38.9 Å². The van der Waals surface area contributed by atoms with Crippen LogP contribution >= 0.6 is 15.9 Å². The molecule has 1 heterocycles. The minimum atomic E-state index is 0.417. The van der Waals surface area contributed by atoms with Crippen molar-refractivity contribution in [2.75, 3.05) is 5.33 Å². The molecule has 0 amide bonds. The average Bonchev–Trinajstić information content (AvgIpc) is 2.62. The summed E-state index contributed by atoms with van der Waals surface area (Å²) in [7, 11) is 2.06. The molecule has 1 aromatic heterocycles. The fraction of sp³-hybridized carbons (Fsp3) is 0.750. The Bertz CT molecular complexity index is 296. The Labute approximate surface area is 101 Å². The van der Waals surface area contributed by atoms with E-state index >= 15 is 0 Å². The minimum Gasteiger partial charge on any atom is -0.338 e. The number of alkyl halides is 1. The predicted molar refractivity (Wildman–Crippen MR) is 68.3 cm³/mol. The van der Waals surface area contributed by atoms with Crippen LogP contribution in [0.3, 0.4) is 0 Å². The Kier molecular flexibility index (Phi) is 4.84. The van der Waals surface area contributed by atoms with E-state index in [1.807, 2.05) is 12.4 Å². The summed E-state index contributed by atoms with van der Waals surface area (Å²) in [6.07, 6.45) is 8.70. The summed E-state index contributed by atoms with van der Waals surface area (Å²) in [6, 6.07) is 0. The Morgan fingerprint density at radius 3 is 2.67 bits per heavy atom. The lowest BCUT2D eigenvalue weighted by molar-refractivity contribution is 0.312. The topological polar surface area (TPSA) is 17.8 Å². The van der Waals surface area contributed by atoms with E-state index in [0.717, 1.165) is 11.8 Å². The SMILES string of the molecule is CCCC(C)(CBr)CCc1nccn1C. The molecular weight excluding hydrogens is 252 g/mol. The molecule has 15 heavy (non-hydrogen) atoms. The molecule has 3 heteroatoms. The Morgan fingerprint density at radius 1 is 1.47 bits per heavy atom. The molecule has 0 fully saturated rings. The smallest absolute Gasteiger partial charge is 0.108 e. The summed E-state index contributed by atoms with van der Waals surface area (Å²) in [5, 5.41) is 1.08. The standard InChI is InChI=1S/C12H21BrN2/c1-4-6-12(2,10-13)7-5-11-14-8-9-15(11)3/h8-9H,4-7,10H2,1-3H3. The summed E-state index contributed by atoms with van der Waals surface area (Å²) in [5.74, 6) is 1.19. The first-order chi connectivity index (χ1) is 7.11. The third-order valence-electron chi connectivity index (χ3n) is 3.05. The van der Waals surface area contributed by atoms with Gasteiger partial charge in [-0.2, -0.15) is 0 Å². The van der Waals surface area contributed by atoms with Gasteiger partial charge in [0.05, 0.1) is 0 Å². The number of hydrogen-bond acceptors (Lipinski definition) is 1. The number of imidazole rings is 1. The van der Waals surface area contributed by atoms with Crippen molar-refractivity contribution in [2.45, 2.75) is 39.5 Å². The highest BCUT2D eigenvalue weighted by Gasteiger charge is 2.22. The van der Waals surface area contributed by atoms with Crippen molar-refractivity contribution in [3.63, 3.8) is 0 Å². The molecule has 1 aromatic rings. The van der Waals surface area contributed by atoms with Gasteiger partial charge in [0.25, 0.3) is 0 Å². The third-order valence-corrected chi connectivity index (χ3v) is 4.40. The second-order valence-corrected chi connectivity index (χ2v) is 5.21. The van der Waals surface area contributed by atoms with Crippen LogP contribution in [0.4, 0.5) is 0 Å². The Balaban J connectivity index is 2.51. The molecule has 0 spiro atoms. The second kappa shape index (κ2) is 5.69. The van der Waals surface area contributed by atoms with Gasteiger partial charge >= 0.3 is 0 Å².